The molecule has 6 rings (SSSR count). The highest BCUT2D eigenvalue weighted by Crippen LogP contribution is 2.30. The zero-order valence-electron chi connectivity index (χ0n) is 21.6. The number of carbonyl (C=O) groups excluding carboxylic acids is 1. The number of aliphatic imine (C=N–C) groups is 1. The monoisotopic (exact) mass is 544 g/mol. The van der Waals surface area contributed by atoms with E-state index in [1.54, 1.807) is 18.3 Å². The molecule has 1 saturated heterocycles. The highest BCUT2D eigenvalue weighted by molar-refractivity contribution is 7.09. The first-order valence-corrected chi connectivity index (χ1v) is 13.8. The Morgan fingerprint density at radius 2 is 1.79 bits per heavy atom. The third kappa shape index (κ3) is 5.40. The van der Waals surface area contributed by atoms with Crippen LogP contribution in [0.15, 0.2) is 59.6 Å². The summed E-state index contributed by atoms with van der Waals surface area (Å²) in [7, 11) is 0. The predicted molar refractivity (Wildman–Crippen MR) is 152 cm³/mol. The molecular formula is C28H29FN8OS. The molecule has 2 aromatic heterocycles. The molecule has 9 nitrogen and oxygen atoms in total. The van der Waals surface area contributed by atoms with Crippen molar-refractivity contribution in [3.05, 3.63) is 66.2 Å². The third-order valence-electron chi connectivity index (χ3n) is 6.99. The average Bonchev–Trinajstić information content (AvgIpc) is 3.54. The van der Waals surface area contributed by atoms with Gasteiger partial charge in [-0.25, -0.2) is 9.37 Å². The second-order valence-corrected chi connectivity index (χ2v) is 10.6. The summed E-state index contributed by atoms with van der Waals surface area (Å²) < 4.78 is 20.2. The van der Waals surface area contributed by atoms with Gasteiger partial charge in [0, 0.05) is 61.9 Å². The third-order valence-corrected chi connectivity index (χ3v) is 7.77. The summed E-state index contributed by atoms with van der Waals surface area (Å²) in [5.74, 6) is 2.26. The molecule has 4 aromatic rings. The van der Waals surface area contributed by atoms with E-state index in [4.69, 9.17) is 9.97 Å². The van der Waals surface area contributed by atoms with Crippen molar-refractivity contribution in [2.45, 2.75) is 13.5 Å². The number of carbonyl (C=O) groups is 1. The Bertz CT molecular complexity index is 1480. The van der Waals surface area contributed by atoms with E-state index >= 15 is 0 Å². The number of nitrogens with one attached hydrogen (secondary N) is 1. The number of nitrogens with zero attached hydrogens (tertiary/aromatic N) is 7. The Morgan fingerprint density at radius 1 is 1.03 bits per heavy atom. The van der Waals surface area contributed by atoms with Gasteiger partial charge in [-0.15, -0.1) is 0 Å². The summed E-state index contributed by atoms with van der Waals surface area (Å²) in [6.07, 6.45) is 1.78. The maximum absolute atomic E-state index is 13.6. The largest absolute Gasteiger partial charge is 0.361 e. The number of anilines is 2. The van der Waals surface area contributed by atoms with Gasteiger partial charge in [-0.05, 0) is 30.2 Å². The van der Waals surface area contributed by atoms with E-state index in [-0.39, 0.29) is 18.3 Å². The lowest BCUT2D eigenvalue weighted by molar-refractivity contribution is -0.129. The van der Waals surface area contributed by atoms with E-state index in [0.29, 0.717) is 37.8 Å². The van der Waals surface area contributed by atoms with Gasteiger partial charge in [-0.3, -0.25) is 9.79 Å². The summed E-state index contributed by atoms with van der Waals surface area (Å²) in [4.78, 5) is 31.3. The Hall–Kier alpha value is -4.12. The highest BCUT2D eigenvalue weighted by Gasteiger charge is 2.25. The van der Waals surface area contributed by atoms with Crippen molar-refractivity contribution in [1.82, 2.24) is 23.8 Å². The maximum Gasteiger partial charge on any atom is 0.242 e. The molecule has 0 bridgehead atoms. The topological polar surface area (TPSA) is 91.5 Å². The van der Waals surface area contributed by atoms with Crippen molar-refractivity contribution < 1.29 is 9.18 Å². The Kier molecular flexibility index (Phi) is 7.06. The van der Waals surface area contributed by atoms with Crippen LogP contribution in [0.25, 0.3) is 22.6 Å². The number of rotatable bonds is 6. The molecule has 11 heteroatoms. The number of fused-ring (bicyclic) bond motifs is 1. The molecule has 39 heavy (non-hydrogen) atoms. The molecule has 0 radical (unpaired) electrons. The van der Waals surface area contributed by atoms with Crippen LogP contribution in [-0.4, -0.2) is 75.2 Å². The van der Waals surface area contributed by atoms with E-state index in [1.807, 2.05) is 35.2 Å². The second-order valence-electron chi connectivity index (χ2n) is 9.87. The van der Waals surface area contributed by atoms with Crippen LogP contribution < -0.4 is 10.2 Å². The molecule has 200 valence electrons. The first kappa shape index (κ1) is 25.2. The van der Waals surface area contributed by atoms with Crippen molar-refractivity contribution in [3.63, 3.8) is 0 Å². The van der Waals surface area contributed by atoms with Crippen molar-refractivity contribution in [1.29, 1.82) is 0 Å². The van der Waals surface area contributed by atoms with Gasteiger partial charge in [0.15, 0.2) is 11.6 Å². The van der Waals surface area contributed by atoms with Crippen LogP contribution >= 0.6 is 11.5 Å². The van der Waals surface area contributed by atoms with Gasteiger partial charge in [0.2, 0.25) is 11.0 Å². The van der Waals surface area contributed by atoms with Crippen LogP contribution in [0.1, 0.15) is 12.7 Å². The molecule has 1 fully saturated rings. The SMILES string of the molecule is CC1CN=Cc2nc(-c3ccc(F)cc3)c(NCC(=O)N3CCN(c4nc(-c5ccccc5)ns4)CC3)n2C1. The van der Waals surface area contributed by atoms with Crippen LogP contribution in [0, 0.1) is 11.7 Å². The fourth-order valence-corrected chi connectivity index (χ4v) is 5.63. The number of hydrogen-bond acceptors (Lipinski definition) is 8. The van der Waals surface area contributed by atoms with Gasteiger partial charge in [0.1, 0.15) is 17.3 Å². The molecule has 4 heterocycles. The standard InChI is InChI=1S/C28H29FN8OS/c1-19-15-30-16-23-32-25(20-7-9-22(29)10-8-20)27(37(23)18-19)31-17-24(38)35-11-13-36(14-12-35)28-33-26(34-39-28)21-5-3-2-4-6-21/h2-10,16,19,31H,11-15,17-18H2,1H3. The Labute approximate surface area is 230 Å². The molecule has 0 aliphatic carbocycles. The number of piperazine rings is 1. The molecule has 0 saturated carbocycles. The van der Waals surface area contributed by atoms with Crippen LogP contribution in [0.5, 0.6) is 0 Å². The van der Waals surface area contributed by atoms with Gasteiger partial charge in [-0.2, -0.15) is 9.36 Å². The van der Waals surface area contributed by atoms with Gasteiger partial charge < -0.3 is 19.7 Å². The number of hydrogen-bond donors (Lipinski definition) is 1. The predicted octanol–water partition coefficient (Wildman–Crippen LogP) is 4.04. The molecule has 2 aliphatic rings. The number of imidazole rings is 1. The lowest BCUT2D eigenvalue weighted by Gasteiger charge is -2.34. The molecule has 2 aliphatic heterocycles. The van der Waals surface area contributed by atoms with Gasteiger partial charge in [0.05, 0.1) is 12.8 Å². The summed E-state index contributed by atoms with van der Waals surface area (Å²) in [5.41, 5.74) is 2.47. The fraction of sp³-hybridized carbons (Fsp3) is 0.321. The lowest BCUT2D eigenvalue weighted by atomic mass is 10.1. The summed E-state index contributed by atoms with van der Waals surface area (Å²) in [6, 6.07) is 16.2. The summed E-state index contributed by atoms with van der Waals surface area (Å²) in [5, 5.41) is 4.24. The molecule has 1 N–H and O–H groups in total. The minimum Gasteiger partial charge on any atom is -0.361 e. The molecule has 2 aromatic carbocycles. The first-order chi connectivity index (χ1) is 19.0. The zero-order chi connectivity index (χ0) is 26.8. The smallest absolute Gasteiger partial charge is 0.242 e. The molecule has 1 atom stereocenters. The van der Waals surface area contributed by atoms with Crippen LogP contribution in [-0.2, 0) is 11.3 Å². The van der Waals surface area contributed by atoms with Gasteiger partial charge >= 0.3 is 0 Å². The van der Waals surface area contributed by atoms with E-state index in [0.717, 1.165) is 46.8 Å². The number of aromatic nitrogens is 4. The van der Waals surface area contributed by atoms with E-state index in [1.165, 1.54) is 23.7 Å². The average molecular weight is 545 g/mol. The van der Waals surface area contributed by atoms with E-state index in [2.05, 4.69) is 31.1 Å². The van der Waals surface area contributed by atoms with Crippen LogP contribution in [0.3, 0.4) is 0 Å². The van der Waals surface area contributed by atoms with Crippen molar-refractivity contribution >= 4 is 34.6 Å². The quantitative estimate of drug-likeness (QED) is 0.394. The molecule has 1 amide bonds. The van der Waals surface area contributed by atoms with Crippen molar-refractivity contribution in [3.8, 4) is 22.6 Å². The van der Waals surface area contributed by atoms with E-state index in [9.17, 15) is 9.18 Å². The molecular weight excluding hydrogens is 515 g/mol. The number of benzene rings is 2. The highest BCUT2D eigenvalue weighted by atomic mass is 32.1. The number of amides is 1. The minimum absolute atomic E-state index is 0.0211. The van der Waals surface area contributed by atoms with Gasteiger partial charge in [0.25, 0.3) is 0 Å². The van der Waals surface area contributed by atoms with E-state index < -0.39 is 0 Å². The fourth-order valence-electron chi connectivity index (χ4n) is 4.89. The second kappa shape index (κ2) is 10.9. The normalized spacial score (nSPS) is 17.1. The maximum atomic E-state index is 13.6. The minimum atomic E-state index is -0.302. The lowest BCUT2D eigenvalue weighted by Crippen LogP contribution is -2.50. The Balaban J connectivity index is 1.12. The first-order valence-electron chi connectivity index (χ1n) is 13.1. The van der Waals surface area contributed by atoms with Crippen molar-refractivity contribution in [2.75, 3.05) is 49.5 Å². The summed E-state index contributed by atoms with van der Waals surface area (Å²) in [6.45, 7) is 6.35. The number of halogens is 1. The Morgan fingerprint density at radius 3 is 2.56 bits per heavy atom. The van der Waals surface area contributed by atoms with Gasteiger partial charge in [-0.1, -0.05) is 37.3 Å². The zero-order valence-corrected chi connectivity index (χ0v) is 22.4. The van der Waals surface area contributed by atoms with Crippen molar-refractivity contribution in [2.24, 2.45) is 10.9 Å². The molecule has 1 unspecified atom stereocenters. The molecule has 0 spiro atoms. The van der Waals surface area contributed by atoms with Crippen LogP contribution in [0.4, 0.5) is 15.3 Å². The summed E-state index contributed by atoms with van der Waals surface area (Å²) >= 11 is 1.39. The van der Waals surface area contributed by atoms with Crippen LogP contribution in [0.2, 0.25) is 0 Å².